The summed E-state index contributed by atoms with van der Waals surface area (Å²) < 4.78 is 38.3. The fraction of sp³-hybridized carbons (Fsp3) is 0.343. The molecule has 47 heavy (non-hydrogen) atoms. The normalized spacial score (nSPS) is 15.7. The van der Waals surface area contributed by atoms with Crippen LogP contribution in [0.4, 0.5) is 14.6 Å². The van der Waals surface area contributed by atoms with Gasteiger partial charge in [0.05, 0.1) is 23.0 Å². The van der Waals surface area contributed by atoms with Crippen LogP contribution in [0.5, 0.6) is 0 Å². The number of likely N-dealkylation sites (N-methyl/N-ethyl adjacent to an activating group) is 1. The average molecular weight is 642 g/mol. The van der Waals surface area contributed by atoms with Crippen molar-refractivity contribution in [2.45, 2.75) is 39.7 Å². The van der Waals surface area contributed by atoms with Crippen LogP contribution < -0.4 is 10.6 Å². The molecule has 244 valence electrons. The minimum absolute atomic E-state index is 0.0644. The molecule has 5 aromatic rings. The highest BCUT2D eigenvalue weighted by Crippen LogP contribution is 2.35. The Bertz CT molecular complexity index is 2090. The van der Waals surface area contributed by atoms with Crippen molar-refractivity contribution in [1.29, 1.82) is 0 Å². The highest BCUT2D eigenvalue weighted by Gasteiger charge is 2.31. The van der Waals surface area contributed by atoms with E-state index in [4.69, 9.17) is 9.40 Å². The zero-order chi connectivity index (χ0) is 33.6. The number of anilines is 1. The number of aromatic nitrogens is 4. The van der Waals surface area contributed by atoms with Gasteiger partial charge in [-0.05, 0) is 63.7 Å². The zero-order valence-electron chi connectivity index (χ0n) is 27.3. The lowest BCUT2D eigenvalue weighted by atomic mass is 10.0. The third-order valence-electron chi connectivity index (χ3n) is 8.47. The van der Waals surface area contributed by atoms with Gasteiger partial charge in [-0.25, -0.2) is 23.1 Å². The second kappa shape index (κ2) is 12.7. The van der Waals surface area contributed by atoms with Crippen LogP contribution in [-0.2, 0) is 4.79 Å². The number of piperazine rings is 1. The maximum Gasteiger partial charge on any atom is 0.355 e. The highest BCUT2D eigenvalue weighted by atomic mass is 19.1. The van der Waals surface area contributed by atoms with Gasteiger partial charge in [0.1, 0.15) is 28.7 Å². The van der Waals surface area contributed by atoms with Crippen molar-refractivity contribution in [3.63, 3.8) is 0 Å². The molecule has 1 amide bonds. The Kier molecular flexibility index (Phi) is 8.63. The van der Waals surface area contributed by atoms with Crippen molar-refractivity contribution < 1.29 is 18.0 Å². The van der Waals surface area contributed by atoms with Crippen LogP contribution in [0.3, 0.4) is 0 Å². The third kappa shape index (κ3) is 6.00. The molecule has 0 unspecified atom stereocenters. The molecule has 0 N–H and O–H groups in total. The molecule has 12 heteroatoms. The van der Waals surface area contributed by atoms with E-state index >= 15 is 8.78 Å². The third-order valence-corrected chi connectivity index (χ3v) is 8.47. The summed E-state index contributed by atoms with van der Waals surface area (Å²) in [4.78, 5) is 46.4. The van der Waals surface area contributed by atoms with Crippen LogP contribution in [-0.4, -0.2) is 81.5 Å². The number of hydrogen-bond acceptors (Lipinski definition) is 8. The predicted octanol–water partition coefficient (Wildman–Crippen LogP) is 5.45. The van der Waals surface area contributed by atoms with Crippen molar-refractivity contribution >= 4 is 33.7 Å². The van der Waals surface area contributed by atoms with Crippen LogP contribution >= 0.6 is 0 Å². The van der Waals surface area contributed by atoms with Gasteiger partial charge in [-0.3, -0.25) is 9.78 Å². The molecule has 0 aliphatic carbocycles. The van der Waals surface area contributed by atoms with Gasteiger partial charge in [-0.1, -0.05) is 19.9 Å². The second-order valence-electron chi connectivity index (χ2n) is 12.5. The van der Waals surface area contributed by atoms with E-state index < -0.39 is 17.3 Å². The number of nitrogens with zero attached hydrogens (tertiary/aromatic N) is 7. The summed E-state index contributed by atoms with van der Waals surface area (Å²) in [5.41, 5.74) is 1.41. The van der Waals surface area contributed by atoms with Crippen LogP contribution in [0.1, 0.15) is 37.9 Å². The fourth-order valence-corrected chi connectivity index (χ4v) is 6.11. The number of aryl methyl sites for hydroxylation is 1. The van der Waals surface area contributed by atoms with Crippen molar-refractivity contribution in [1.82, 2.24) is 29.3 Å². The molecule has 0 spiro atoms. The second-order valence-corrected chi connectivity index (χ2v) is 12.5. The lowest BCUT2D eigenvalue weighted by Gasteiger charge is -2.40. The quantitative estimate of drug-likeness (QED) is 0.216. The number of pyridine rings is 2. The van der Waals surface area contributed by atoms with Gasteiger partial charge >= 0.3 is 5.69 Å². The van der Waals surface area contributed by atoms with Crippen LogP contribution in [0, 0.1) is 18.6 Å². The van der Waals surface area contributed by atoms with Gasteiger partial charge in [0, 0.05) is 61.5 Å². The Morgan fingerprint density at radius 3 is 2.64 bits per heavy atom. The number of fused-ring (bicyclic) bond motifs is 2. The van der Waals surface area contributed by atoms with Gasteiger partial charge in [0.15, 0.2) is 5.65 Å². The summed E-state index contributed by atoms with van der Waals surface area (Å²) in [6.45, 7) is 9.47. The number of benzene rings is 1. The van der Waals surface area contributed by atoms with Crippen molar-refractivity contribution in [3.8, 4) is 16.9 Å². The smallest absolute Gasteiger partial charge is 0.355 e. The molecule has 10 nitrogen and oxygen atoms in total. The summed E-state index contributed by atoms with van der Waals surface area (Å²) in [6.07, 6.45) is 6.50. The molecule has 1 fully saturated rings. The molecule has 1 aliphatic rings. The molecule has 1 aromatic carbocycles. The summed E-state index contributed by atoms with van der Waals surface area (Å²) in [6, 6.07) is 7.14. The van der Waals surface area contributed by atoms with E-state index in [9.17, 15) is 9.59 Å². The zero-order valence-corrected chi connectivity index (χ0v) is 27.3. The standard InChI is InChI=1S/C35H37F2N7O3/c1-20(2)30-32(21(3)9-11-38-30)44-34-25(17-27(37)31(39-34)24-16-23-10-15-47-28(23)18-26(24)36)33(40-35(44)46)43-14-13-42(19-22(43)4)29(45)8-7-12-41(5)6/h7-11,15-18,20,22H,12-14,19H2,1-6H3/b8-7+/t22-/m0/s1. The number of hydrogen-bond donors (Lipinski definition) is 0. The molecule has 1 atom stereocenters. The van der Waals surface area contributed by atoms with Gasteiger partial charge in [0.25, 0.3) is 0 Å². The molecule has 4 aromatic heterocycles. The lowest BCUT2D eigenvalue weighted by molar-refractivity contribution is -0.126. The Morgan fingerprint density at radius 1 is 1.13 bits per heavy atom. The van der Waals surface area contributed by atoms with E-state index in [2.05, 4.69) is 9.97 Å². The first kappa shape index (κ1) is 32.0. The number of carbonyl (C=O) groups excluding carboxylic acids is 1. The highest BCUT2D eigenvalue weighted by molar-refractivity contribution is 5.92. The monoisotopic (exact) mass is 641 g/mol. The first-order valence-corrected chi connectivity index (χ1v) is 15.6. The summed E-state index contributed by atoms with van der Waals surface area (Å²) in [5, 5.41) is 0.865. The molecule has 0 saturated carbocycles. The van der Waals surface area contributed by atoms with Gasteiger partial charge < -0.3 is 19.1 Å². The van der Waals surface area contributed by atoms with Crippen molar-refractivity contribution in [2.24, 2.45) is 0 Å². The number of halogens is 2. The number of amides is 1. The first-order chi connectivity index (χ1) is 22.4. The minimum Gasteiger partial charge on any atom is -0.464 e. The van der Waals surface area contributed by atoms with Crippen LogP contribution in [0.2, 0.25) is 0 Å². The molecule has 5 heterocycles. The molecule has 1 aliphatic heterocycles. The Balaban J connectivity index is 1.53. The maximum absolute atomic E-state index is 16.2. The molecule has 1 saturated heterocycles. The largest absolute Gasteiger partial charge is 0.464 e. The predicted molar refractivity (Wildman–Crippen MR) is 178 cm³/mol. The first-order valence-electron chi connectivity index (χ1n) is 15.6. The average Bonchev–Trinajstić information content (AvgIpc) is 3.47. The van der Waals surface area contributed by atoms with E-state index in [1.165, 1.54) is 29.0 Å². The van der Waals surface area contributed by atoms with Gasteiger partial charge in [-0.2, -0.15) is 4.98 Å². The van der Waals surface area contributed by atoms with E-state index in [1.807, 2.05) is 57.7 Å². The fourth-order valence-electron chi connectivity index (χ4n) is 6.11. The topological polar surface area (TPSA) is 101 Å². The number of rotatable bonds is 7. The van der Waals surface area contributed by atoms with E-state index in [0.717, 1.165) is 5.56 Å². The lowest BCUT2D eigenvalue weighted by Crippen LogP contribution is -2.54. The SMILES string of the molecule is Cc1ccnc(C(C)C)c1-n1c(=O)nc(N2CCN(C(=O)/C=C/CN(C)C)C[C@@H]2C)c2cc(F)c(-c3cc4ccoc4cc3F)nc21. The molecule has 6 rings (SSSR count). The van der Waals surface area contributed by atoms with Gasteiger partial charge in [0.2, 0.25) is 5.91 Å². The Hall–Kier alpha value is -4.97. The minimum atomic E-state index is -0.771. The van der Waals surface area contributed by atoms with Crippen LogP contribution in [0.15, 0.2) is 64.2 Å². The summed E-state index contributed by atoms with van der Waals surface area (Å²) in [5.74, 6) is -1.40. The summed E-state index contributed by atoms with van der Waals surface area (Å²) in [7, 11) is 3.85. The Labute approximate surface area is 271 Å². The van der Waals surface area contributed by atoms with E-state index in [-0.39, 0.29) is 46.0 Å². The number of carbonyl (C=O) groups is 1. The molecular formula is C35H37F2N7O3. The Morgan fingerprint density at radius 2 is 1.91 bits per heavy atom. The van der Waals surface area contributed by atoms with E-state index in [0.29, 0.717) is 48.5 Å². The van der Waals surface area contributed by atoms with E-state index in [1.54, 1.807) is 29.3 Å². The maximum atomic E-state index is 16.2. The molecule has 0 radical (unpaired) electrons. The molecular weight excluding hydrogens is 604 g/mol. The van der Waals surface area contributed by atoms with Crippen molar-refractivity contribution in [2.75, 3.05) is 45.2 Å². The summed E-state index contributed by atoms with van der Waals surface area (Å²) >= 11 is 0. The van der Waals surface area contributed by atoms with Crippen molar-refractivity contribution in [3.05, 3.63) is 88.3 Å². The van der Waals surface area contributed by atoms with Crippen LogP contribution in [0.25, 0.3) is 38.9 Å². The van der Waals surface area contributed by atoms with Gasteiger partial charge in [-0.15, -0.1) is 0 Å². The molecule has 0 bridgehead atoms. The number of furan rings is 1.